The van der Waals surface area contributed by atoms with Crippen LogP contribution in [0.3, 0.4) is 0 Å². The average Bonchev–Trinajstić information content (AvgIpc) is 3.96. The molecule has 2 aliphatic rings. The van der Waals surface area contributed by atoms with E-state index in [1.54, 1.807) is 0 Å². The third-order valence-corrected chi connectivity index (χ3v) is 22.0. The van der Waals surface area contributed by atoms with Crippen LogP contribution in [-0.4, -0.2) is 14.6 Å². The van der Waals surface area contributed by atoms with Crippen LogP contribution in [0.4, 0.5) is 11.4 Å². The molecule has 0 fully saturated rings. The van der Waals surface area contributed by atoms with Crippen LogP contribution in [0.1, 0.15) is 11.1 Å². The topological polar surface area (TPSA) is 3.24 Å². The van der Waals surface area contributed by atoms with Gasteiger partial charge in [-0.15, -0.1) is 0 Å². The first-order chi connectivity index (χ1) is 40.1. The van der Waals surface area contributed by atoms with Gasteiger partial charge in [0.1, 0.15) is 0 Å². The van der Waals surface area contributed by atoms with E-state index in [0.29, 0.717) is 6.54 Å². The molecular formula is C79H55NSi. The molecule has 13 aromatic carbocycles. The lowest BCUT2D eigenvalue weighted by Crippen LogP contribution is -2.72. The standard InChI is InChI=1S/C79H55NSi/c1-54-50-62(55-35-39-60(40-36-55)71-32-14-21-57-18-8-11-29-68(57)71)24-17-49-80(77-48-44-63(51-76(54)77)56-37-41-61(42-38-56)72-33-15-22-58-19-9-12-30-69(58)72)65-45-47-75-74-46-43-64(73-34-16-23-59-20-10-13-31-70(59)73)52-78(74)81(79(75)53-65,66-25-4-2-5-26-66)67-27-6-3-7-28-67/h2-48,50-53H,1,49H2/b24-17-,62-50+. The second kappa shape index (κ2) is 20.0. The molecule has 2 aliphatic heterocycles. The van der Waals surface area contributed by atoms with Crippen LogP contribution in [0, 0.1) is 0 Å². The van der Waals surface area contributed by atoms with Gasteiger partial charge in [0.25, 0.3) is 0 Å². The van der Waals surface area contributed by atoms with E-state index in [4.69, 9.17) is 6.58 Å². The summed E-state index contributed by atoms with van der Waals surface area (Å²) in [7, 11) is -2.96. The van der Waals surface area contributed by atoms with Crippen LogP contribution in [0.2, 0.25) is 0 Å². The summed E-state index contributed by atoms with van der Waals surface area (Å²) in [6.45, 7) is 5.57. The first-order valence-electron chi connectivity index (χ1n) is 28.1. The summed E-state index contributed by atoms with van der Waals surface area (Å²) in [6.07, 6.45) is 6.92. The first-order valence-corrected chi connectivity index (χ1v) is 30.1. The highest BCUT2D eigenvalue weighted by Crippen LogP contribution is 2.42. The summed E-state index contributed by atoms with van der Waals surface area (Å²) in [6, 6.07) is 109. The normalized spacial score (nSPS) is 14.5. The molecule has 0 bridgehead atoms. The molecule has 0 spiro atoms. The second-order valence-corrected chi connectivity index (χ2v) is 25.3. The molecule has 0 aromatic heterocycles. The van der Waals surface area contributed by atoms with Crippen molar-refractivity contribution in [1.82, 2.24) is 0 Å². The van der Waals surface area contributed by atoms with E-state index in [2.05, 4.69) is 314 Å². The molecule has 15 rings (SSSR count). The molecule has 0 saturated carbocycles. The molecule has 2 heteroatoms. The number of anilines is 2. The lowest BCUT2D eigenvalue weighted by Gasteiger charge is -2.33. The molecule has 0 unspecified atom stereocenters. The van der Waals surface area contributed by atoms with Crippen molar-refractivity contribution in [2.75, 3.05) is 11.4 Å². The minimum absolute atomic E-state index is 0.646. The van der Waals surface area contributed by atoms with Crippen LogP contribution in [0.5, 0.6) is 0 Å². The third-order valence-electron chi connectivity index (χ3n) is 17.1. The number of allylic oxidation sites excluding steroid dienone is 4. The van der Waals surface area contributed by atoms with E-state index in [-0.39, 0.29) is 0 Å². The van der Waals surface area contributed by atoms with Gasteiger partial charge in [0.05, 0.1) is 0 Å². The van der Waals surface area contributed by atoms with E-state index >= 15 is 0 Å². The van der Waals surface area contributed by atoms with Crippen molar-refractivity contribution in [2.24, 2.45) is 0 Å². The Labute approximate surface area is 475 Å². The largest absolute Gasteiger partial charge is 0.337 e. The quantitative estimate of drug-likeness (QED) is 0.137. The summed E-state index contributed by atoms with van der Waals surface area (Å²) in [5.74, 6) is 0. The molecule has 0 radical (unpaired) electrons. The second-order valence-electron chi connectivity index (χ2n) is 21.6. The molecule has 1 nitrogen and oxygen atoms in total. The van der Waals surface area contributed by atoms with Crippen molar-refractivity contribution in [3.63, 3.8) is 0 Å². The van der Waals surface area contributed by atoms with E-state index in [9.17, 15) is 0 Å². The minimum atomic E-state index is -2.96. The Hall–Kier alpha value is -10.1. The van der Waals surface area contributed by atoms with Crippen LogP contribution in [0.15, 0.2) is 316 Å². The highest BCUT2D eigenvalue weighted by Gasteiger charge is 2.49. The number of rotatable bonds is 8. The zero-order valence-corrected chi connectivity index (χ0v) is 45.8. The van der Waals surface area contributed by atoms with Crippen LogP contribution >= 0.6 is 0 Å². The Morgan fingerprint density at radius 3 is 1.33 bits per heavy atom. The SMILES string of the molecule is C=C1/C=C(c2ccc(-c3cccc4ccccc34)cc2)\C=C/CN(c2ccc3c(c2)[Si](c2ccccc2)(c2ccccc2)c2cc(-c4cccc5ccccc45)ccc2-3)c2ccc(-c3ccc(-c4cccc5ccccc45)cc3)cc21. The Kier molecular flexibility index (Phi) is 11.8. The molecule has 0 saturated heterocycles. The average molecular weight is 1050 g/mol. The molecule has 0 amide bonds. The van der Waals surface area contributed by atoms with Crippen molar-refractivity contribution >= 4 is 83.7 Å². The van der Waals surface area contributed by atoms with Gasteiger partial charge in [0.2, 0.25) is 0 Å². The van der Waals surface area contributed by atoms with Gasteiger partial charge in [-0.1, -0.05) is 286 Å². The van der Waals surface area contributed by atoms with Crippen molar-refractivity contribution in [1.29, 1.82) is 0 Å². The van der Waals surface area contributed by atoms with Crippen LogP contribution in [0.25, 0.3) is 99.1 Å². The highest BCUT2D eigenvalue weighted by molar-refractivity contribution is 7.22. The third kappa shape index (κ3) is 8.22. The van der Waals surface area contributed by atoms with Crippen LogP contribution < -0.4 is 25.6 Å². The maximum Gasteiger partial charge on any atom is 0.180 e. The van der Waals surface area contributed by atoms with Gasteiger partial charge in [-0.05, 0) is 156 Å². The number of nitrogens with zero attached hydrogens (tertiary/aromatic N) is 1. The van der Waals surface area contributed by atoms with E-state index in [0.717, 1.165) is 44.8 Å². The molecule has 380 valence electrons. The van der Waals surface area contributed by atoms with Gasteiger partial charge in [-0.25, -0.2) is 0 Å². The Morgan fingerprint density at radius 2 is 0.765 bits per heavy atom. The summed E-state index contributed by atoms with van der Waals surface area (Å²) in [5.41, 5.74) is 18.9. The van der Waals surface area contributed by atoms with E-state index < -0.39 is 8.07 Å². The van der Waals surface area contributed by atoms with Crippen molar-refractivity contribution in [3.8, 4) is 55.6 Å². The van der Waals surface area contributed by atoms with Gasteiger partial charge in [0.15, 0.2) is 8.07 Å². The lowest BCUT2D eigenvalue weighted by molar-refractivity contribution is 1.09. The number of benzene rings is 13. The van der Waals surface area contributed by atoms with Crippen molar-refractivity contribution < 1.29 is 0 Å². The lowest BCUT2D eigenvalue weighted by atomic mass is 9.93. The van der Waals surface area contributed by atoms with Gasteiger partial charge >= 0.3 is 0 Å². The summed E-state index contributed by atoms with van der Waals surface area (Å²) >= 11 is 0. The first kappa shape index (κ1) is 48.0. The van der Waals surface area contributed by atoms with Gasteiger partial charge in [0, 0.05) is 23.5 Å². The smallest absolute Gasteiger partial charge is 0.180 e. The Balaban J connectivity index is 0.883. The number of hydrogen-bond acceptors (Lipinski definition) is 1. The zero-order chi connectivity index (χ0) is 53.9. The van der Waals surface area contributed by atoms with E-state index in [1.165, 1.54) is 97.6 Å². The maximum absolute atomic E-state index is 4.93. The molecule has 0 N–H and O–H groups in total. The fourth-order valence-corrected chi connectivity index (χ4v) is 18.5. The molecular weight excluding hydrogens is 991 g/mol. The highest BCUT2D eigenvalue weighted by atomic mass is 28.3. The maximum atomic E-state index is 4.93. The fourth-order valence-electron chi connectivity index (χ4n) is 13.3. The Bertz CT molecular complexity index is 4610. The summed E-state index contributed by atoms with van der Waals surface area (Å²) in [5, 5.41) is 13.1. The Morgan fingerprint density at radius 1 is 0.321 bits per heavy atom. The fraction of sp³-hybridized carbons (Fsp3) is 0.0127. The molecule has 81 heavy (non-hydrogen) atoms. The predicted octanol–water partition coefficient (Wildman–Crippen LogP) is 18.0. The van der Waals surface area contributed by atoms with Crippen molar-refractivity contribution in [3.05, 3.63) is 327 Å². The molecule has 0 atom stereocenters. The summed E-state index contributed by atoms with van der Waals surface area (Å²) < 4.78 is 0. The molecule has 13 aromatic rings. The van der Waals surface area contributed by atoms with Crippen LogP contribution in [-0.2, 0) is 0 Å². The predicted molar refractivity (Wildman–Crippen MR) is 349 cm³/mol. The number of fused-ring (bicyclic) bond motifs is 7. The molecule has 2 heterocycles. The minimum Gasteiger partial charge on any atom is -0.337 e. The van der Waals surface area contributed by atoms with Gasteiger partial charge in [-0.2, -0.15) is 0 Å². The molecule has 0 aliphatic carbocycles. The van der Waals surface area contributed by atoms with Gasteiger partial charge < -0.3 is 4.90 Å². The zero-order valence-electron chi connectivity index (χ0n) is 44.8. The number of hydrogen-bond donors (Lipinski definition) is 0. The monoisotopic (exact) mass is 1050 g/mol. The summed E-state index contributed by atoms with van der Waals surface area (Å²) in [4.78, 5) is 2.52. The van der Waals surface area contributed by atoms with E-state index in [1.807, 2.05) is 0 Å². The van der Waals surface area contributed by atoms with Gasteiger partial charge in [-0.3, -0.25) is 0 Å². The van der Waals surface area contributed by atoms with Crippen molar-refractivity contribution in [2.45, 2.75) is 0 Å².